The first-order valence-corrected chi connectivity index (χ1v) is 8.08. The van der Waals surface area contributed by atoms with Gasteiger partial charge in [0.15, 0.2) is 9.84 Å². The standard InChI is InChI=1S/C7H16N2O4S2/c1-2-14(10,11)6-4-3-5-9-7(6)15(8,12)13/h6-7,9H,2-5H2,1H3,(H2,8,12,13). The number of rotatable bonds is 3. The fraction of sp³-hybridized carbons (Fsp3) is 1.00. The van der Waals surface area contributed by atoms with Gasteiger partial charge < -0.3 is 0 Å². The average Bonchev–Trinajstić information content (AvgIpc) is 2.16. The smallest absolute Gasteiger partial charge is 0.226 e. The molecule has 0 aromatic carbocycles. The Morgan fingerprint density at radius 3 is 2.40 bits per heavy atom. The topological polar surface area (TPSA) is 106 Å². The minimum absolute atomic E-state index is 0.0641. The molecular formula is C7H16N2O4S2. The van der Waals surface area contributed by atoms with Gasteiger partial charge in [-0.25, -0.2) is 22.0 Å². The van der Waals surface area contributed by atoms with Gasteiger partial charge in [-0.1, -0.05) is 6.92 Å². The molecule has 15 heavy (non-hydrogen) atoms. The van der Waals surface area contributed by atoms with E-state index in [0.29, 0.717) is 19.4 Å². The predicted octanol–water partition coefficient (Wildman–Crippen LogP) is -1.21. The monoisotopic (exact) mass is 256 g/mol. The van der Waals surface area contributed by atoms with Crippen LogP contribution in [0.25, 0.3) is 0 Å². The molecule has 90 valence electrons. The van der Waals surface area contributed by atoms with E-state index in [1.807, 2.05) is 0 Å². The zero-order valence-electron chi connectivity index (χ0n) is 8.51. The molecule has 8 heteroatoms. The summed E-state index contributed by atoms with van der Waals surface area (Å²) < 4.78 is 45.7. The van der Waals surface area contributed by atoms with E-state index in [0.717, 1.165) is 0 Å². The van der Waals surface area contributed by atoms with Crippen molar-refractivity contribution in [2.24, 2.45) is 5.14 Å². The van der Waals surface area contributed by atoms with Gasteiger partial charge in [0.2, 0.25) is 10.0 Å². The highest BCUT2D eigenvalue weighted by atomic mass is 32.2. The molecule has 0 aliphatic carbocycles. The van der Waals surface area contributed by atoms with Crippen LogP contribution in [0.2, 0.25) is 0 Å². The molecule has 0 saturated carbocycles. The third-order valence-electron chi connectivity index (χ3n) is 2.57. The molecule has 0 bridgehead atoms. The van der Waals surface area contributed by atoms with Crippen LogP contribution in [0.3, 0.4) is 0 Å². The lowest BCUT2D eigenvalue weighted by Gasteiger charge is -2.30. The fourth-order valence-corrected chi connectivity index (χ4v) is 5.05. The summed E-state index contributed by atoms with van der Waals surface area (Å²) in [6.45, 7) is 1.99. The van der Waals surface area contributed by atoms with Crippen molar-refractivity contribution in [3.05, 3.63) is 0 Å². The lowest BCUT2D eigenvalue weighted by atomic mass is 10.2. The lowest BCUT2D eigenvalue weighted by molar-refractivity contribution is 0.451. The second-order valence-corrected chi connectivity index (χ2v) is 7.79. The number of hydrogen-bond donors (Lipinski definition) is 2. The van der Waals surface area contributed by atoms with Crippen LogP contribution < -0.4 is 10.5 Å². The predicted molar refractivity (Wildman–Crippen MR) is 57.4 cm³/mol. The van der Waals surface area contributed by atoms with Crippen LogP contribution in [-0.2, 0) is 19.9 Å². The molecular weight excluding hydrogens is 240 g/mol. The molecule has 0 amide bonds. The average molecular weight is 256 g/mol. The van der Waals surface area contributed by atoms with Gasteiger partial charge >= 0.3 is 0 Å². The SMILES string of the molecule is CCS(=O)(=O)C1CCCNC1S(N)(=O)=O. The van der Waals surface area contributed by atoms with Gasteiger partial charge in [-0.3, -0.25) is 5.32 Å². The van der Waals surface area contributed by atoms with E-state index in [1.165, 1.54) is 6.92 Å². The van der Waals surface area contributed by atoms with E-state index in [9.17, 15) is 16.8 Å². The summed E-state index contributed by atoms with van der Waals surface area (Å²) in [5.74, 6) is -0.0641. The molecule has 3 N–H and O–H groups in total. The number of primary sulfonamides is 1. The van der Waals surface area contributed by atoms with Gasteiger partial charge in [-0.15, -0.1) is 0 Å². The Labute approximate surface area is 90.2 Å². The minimum atomic E-state index is -3.86. The number of nitrogens with two attached hydrogens (primary N) is 1. The fourth-order valence-electron chi connectivity index (χ4n) is 1.74. The molecule has 0 radical (unpaired) electrons. The summed E-state index contributed by atoms with van der Waals surface area (Å²) in [5.41, 5.74) is 0. The number of sulfonamides is 1. The molecule has 1 aliphatic heterocycles. The third kappa shape index (κ3) is 2.90. The van der Waals surface area contributed by atoms with E-state index in [2.05, 4.69) is 5.32 Å². The van der Waals surface area contributed by atoms with Crippen molar-refractivity contribution < 1.29 is 16.8 Å². The molecule has 1 rings (SSSR count). The Kier molecular flexibility index (Phi) is 3.75. The summed E-state index contributed by atoms with van der Waals surface area (Å²) in [6.07, 6.45) is 1.00. The summed E-state index contributed by atoms with van der Waals surface area (Å²) >= 11 is 0. The van der Waals surface area contributed by atoms with Crippen LogP contribution in [0.4, 0.5) is 0 Å². The van der Waals surface area contributed by atoms with Crippen LogP contribution in [0.5, 0.6) is 0 Å². The molecule has 6 nitrogen and oxygen atoms in total. The van der Waals surface area contributed by atoms with E-state index in [-0.39, 0.29) is 5.75 Å². The van der Waals surface area contributed by atoms with Crippen molar-refractivity contribution in [1.29, 1.82) is 0 Å². The van der Waals surface area contributed by atoms with Crippen molar-refractivity contribution in [3.63, 3.8) is 0 Å². The summed E-state index contributed by atoms with van der Waals surface area (Å²) in [4.78, 5) is 0. The highest BCUT2D eigenvalue weighted by molar-refractivity contribution is 7.95. The van der Waals surface area contributed by atoms with Gasteiger partial charge in [-0.2, -0.15) is 0 Å². The quantitative estimate of drug-likeness (QED) is 0.659. The lowest BCUT2D eigenvalue weighted by Crippen LogP contribution is -2.55. The van der Waals surface area contributed by atoms with E-state index < -0.39 is 30.5 Å². The second-order valence-electron chi connectivity index (χ2n) is 3.60. The van der Waals surface area contributed by atoms with Gasteiger partial charge in [0.25, 0.3) is 0 Å². The second kappa shape index (κ2) is 4.36. The van der Waals surface area contributed by atoms with Crippen LogP contribution >= 0.6 is 0 Å². The summed E-state index contributed by atoms with van der Waals surface area (Å²) in [6, 6.07) is 0. The molecule has 0 aromatic rings. The van der Waals surface area contributed by atoms with E-state index in [1.54, 1.807) is 0 Å². The molecule has 1 fully saturated rings. The first kappa shape index (κ1) is 12.9. The molecule has 1 saturated heterocycles. The highest BCUT2D eigenvalue weighted by Crippen LogP contribution is 2.20. The molecule has 0 aromatic heterocycles. The molecule has 1 aliphatic rings. The summed E-state index contributed by atoms with van der Waals surface area (Å²) in [5, 5.41) is 5.59. The zero-order chi connectivity index (χ0) is 11.7. The number of piperidine rings is 1. The molecule has 1 heterocycles. The zero-order valence-corrected chi connectivity index (χ0v) is 10.1. The highest BCUT2D eigenvalue weighted by Gasteiger charge is 2.40. The number of sulfone groups is 1. The van der Waals surface area contributed by atoms with E-state index >= 15 is 0 Å². The maximum absolute atomic E-state index is 11.7. The van der Waals surface area contributed by atoms with Gasteiger partial charge in [0.05, 0.1) is 5.25 Å². The van der Waals surface area contributed by atoms with Crippen molar-refractivity contribution in [2.45, 2.75) is 30.4 Å². The van der Waals surface area contributed by atoms with Crippen molar-refractivity contribution in [1.82, 2.24) is 5.32 Å². The maximum Gasteiger partial charge on any atom is 0.226 e. The van der Waals surface area contributed by atoms with Gasteiger partial charge in [0, 0.05) is 5.75 Å². The number of hydrogen-bond acceptors (Lipinski definition) is 5. The molecule has 2 atom stereocenters. The Morgan fingerprint density at radius 1 is 1.33 bits per heavy atom. The maximum atomic E-state index is 11.7. The van der Waals surface area contributed by atoms with Gasteiger partial charge in [0.1, 0.15) is 5.37 Å². The number of nitrogens with one attached hydrogen (secondary N) is 1. The Bertz CT molecular complexity index is 414. The Balaban J connectivity index is 3.05. The summed E-state index contributed by atoms with van der Waals surface area (Å²) in [7, 11) is -7.23. The third-order valence-corrected chi connectivity index (χ3v) is 6.18. The Hall–Kier alpha value is -0.180. The van der Waals surface area contributed by atoms with Crippen LogP contribution in [0, 0.1) is 0 Å². The molecule has 0 spiro atoms. The van der Waals surface area contributed by atoms with Crippen molar-refractivity contribution in [3.8, 4) is 0 Å². The van der Waals surface area contributed by atoms with Gasteiger partial charge in [-0.05, 0) is 19.4 Å². The van der Waals surface area contributed by atoms with Crippen LogP contribution in [0.15, 0.2) is 0 Å². The van der Waals surface area contributed by atoms with Crippen molar-refractivity contribution >= 4 is 19.9 Å². The van der Waals surface area contributed by atoms with Crippen molar-refractivity contribution in [2.75, 3.05) is 12.3 Å². The first-order valence-electron chi connectivity index (χ1n) is 4.75. The first-order chi connectivity index (χ1) is 6.79. The Morgan fingerprint density at radius 2 is 1.93 bits per heavy atom. The largest absolute Gasteiger partial charge is 0.299 e. The van der Waals surface area contributed by atoms with Crippen LogP contribution in [-0.4, -0.2) is 39.8 Å². The minimum Gasteiger partial charge on any atom is -0.299 e. The van der Waals surface area contributed by atoms with Crippen LogP contribution in [0.1, 0.15) is 19.8 Å². The normalized spacial score (nSPS) is 28.9. The van der Waals surface area contributed by atoms with E-state index in [4.69, 9.17) is 5.14 Å². The molecule has 2 unspecified atom stereocenters.